The van der Waals surface area contributed by atoms with E-state index in [-0.39, 0.29) is 6.17 Å². The molecule has 6 heteroatoms. The van der Waals surface area contributed by atoms with Crippen LogP contribution in [0, 0.1) is 0 Å². The van der Waals surface area contributed by atoms with Gasteiger partial charge in [-0.15, -0.1) is 0 Å². The summed E-state index contributed by atoms with van der Waals surface area (Å²) in [6.45, 7) is 2.17. The van der Waals surface area contributed by atoms with Gasteiger partial charge in [0.2, 0.25) is 0 Å². The van der Waals surface area contributed by atoms with E-state index in [1.54, 1.807) is 0 Å². The quantitative estimate of drug-likeness (QED) is 0.290. The van der Waals surface area contributed by atoms with Crippen molar-refractivity contribution in [2.75, 3.05) is 0 Å². The zero-order valence-corrected chi connectivity index (χ0v) is 8.27. The lowest BCUT2D eigenvalue weighted by atomic mass is 10.2. The highest BCUT2D eigenvalue weighted by molar-refractivity contribution is 6.27. The van der Waals surface area contributed by atoms with E-state index < -0.39 is 11.9 Å². The lowest BCUT2D eigenvalue weighted by molar-refractivity contribution is -0.159. The summed E-state index contributed by atoms with van der Waals surface area (Å²) < 4.78 is 0. The van der Waals surface area contributed by atoms with E-state index in [9.17, 15) is 0 Å². The molecule has 0 saturated heterocycles. The Morgan fingerprint density at radius 2 is 1.57 bits per heavy atom. The maximum Gasteiger partial charge on any atom is 0.414 e. The molecule has 0 fully saturated rings. The van der Waals surface area contributed by atoms with Crippen LogP contribution in [-0.4, -0.2) is 28.3 Å². The fraction of sp³-hybridized carbons (Fsp3) is 0.750. The topological polar surface area (TPSA) is 127 Å². The molecule has 0 rings (SSSR count). The van der Waals surface area contributed by atoms with E-state index in [0.29, 0.717) is 0 Å². The minimum Gasteiger partial charge on any atom is -0.473 e. The third-order valence-electron chi connectivity index (χ3n) is 1.32. The first-order valence-corrected chi connectivity index (χ1v) is 4.39. The molecule has 0 spiro atoms. The van der Waals surface area contributed by atoms with Crippen molar-refractivity contribution in [3.05, 3.63) is 0 Å². The van der Waals surface area contributed by atoms with Crippen molar-refractivity contribution in [1.82, 2.24) is 0 Å². The smallest absolute Gasteiger partial charge is 0.414 e. The average molecular weight is 206 g/mol. The van der Waals surface area contributed by atoms with E-state index in [2.05, 4.69) is 6.92 Å². The number of rotatable bonds is 4. The van der Waals surface area contributed by atoms with Crippen LogP contribution in [0.5, 0.6) is 0 Å². The minimum absolute atomic E-state index is 0.0958. The first-order valence-electron chi connectivity index (χ1n) is 4.39. The van der Waals surface area contributed by atoms with Crippen LogP contribution in [0.1, 0.15) is 32.6 Å². The van der Waals surface area contributed by atoms with E-state index >= 15 is 0 Å². The van der Waals surface area contributed by atoms with E-state index in [4.69, 9.17) is 31.3 Å². The Labute approximate surface area is 82.9 Å². The van der Waals surface area contributed by atoms with Crippen molar-refractivity contribution < 1.29 is 19.8 Å². The maximum atomic E-state index is 9.10. The molecule has 6 nitrogen and oxygen atoms in total. The summed E-state index contributed by atoms with van der Waals surface area (Å²) in [5.74, 6) is -3.65. The Bertz CT molecular complexity index is 159. The van der Waals surface area contributed by atoms with Crippen LogP contribution in [0.4, 0.5) is 0 Å². The van der Waals surface area contributed by atoms with Gasteiger partial charge in [0, 0.05) is 0 Å². The van der Waals surface area contributed by atoms with Crippen LogP contribution in [0.3, 0.4) is 0 Å². The average Bonchev–Trinajstić information content (AvgIpc) is 2.05. The first-order chi connectivity index (χ1) is 6.41. The first kappa shape index (κ1) is 15.3. The molecule has 84 valence electrons. The summed E-state index contributed by atoms with van der Waals surface area (Å²) in [5.41, 5.74) is 10.6. The predicted octanol–water partition coefficient (Wildman–Crippen LogP) is -0.0342. The van der Waals surface area contributed by atoms with Gasteiger partial charge < -0.3 is 21.7 Å². The monoisotopic (exact) mass is 206 g/mol. The predicted molar refractivity (Wildman–Crippen MR) is 51.6 cm³/mol. The molecular formula is C8H18N2O4. The summed E-state index contributed by atoms with van der Waals surface area (Å²) in [6.07, 6.45) is 4.54. The Hall–Kier alpha value is -1.14. The van der Waals surface area contributed by atoms with Gasteiger partial charge in [-0.3, -0.25) is 0 Å². The van der Waals surface area contributed by atoms with Gasteiger partial charge in [0.15, 0.2) is 0 Å². The van der Waals surface area contributed by atoms with E-state index in [1.165, 1.54) is 19.3 Å². The SMILES string of the molecule is CCCCCC(N)N.O=C(O)C(=O)O. The molecule has 0 radical (unpaired) electrons. The van der Waals surface area contributed by atoms with Gasteiger partial charge in [-0.2, -0.15) is 0 Å². The van der Waals surface area contributed by atoms with Crippen molar-refractivity contribution in [1.29, 1.82) is 0 Å². The highest BCUT2D eigenvalue weighted by Crippen LogP contribution is 1.97. The molecule has 0 aromatic rings. The Morgan fingerprint density at radius 1 is 1.14 bits per heavy atom. The third-order valence-corrected chi connectivity index (χ3v) is 1.32. The summed E-state index contributed by atoms with van der Waals surface area (Å²) in [5, 5.41) is 14.8. The van der Waals surface area contributed by atoms with Gasteiger partial charge in [0.25, 0.3) is 0 Å². The molecule has 0 bridgehead atoms. The zero-order chi connectivity index (χ0) is 11.6. The van der Waals surface area contributed by atoms with Gasteiger partial charge in [-0.1, -0.05) is 26.2 Å². The van der Waals surface area contributed by atoms with Crippen LogP contribution in [0.2, 0.25) is 0 Å². The van der Waals surface area contributed by atoms with Crippen molar-refractivity contribution in [2.24, 2.45) is 11.5 Å². The zero-order valence-electron chi connectivity index (χ0n) is 8.27. The summed E-state index contributed by atoms with van der Waals surface area (Å²) in [6, 6.07) is 0. The molecule has 6 N–H and O–H groups in total. The van der Waals surface area contributed by atoms with Crippen molar-refractivity contribution in [2.45, 2.75) is 38.8 Å². The Kier molecular flexibility index (Phi) is 10.9. The molecule has 0 aliphatic carbocycles. The summed E-state index contributed by atoms with van der Waals surface area (Å²) in [7, 11) is 0. The highest BCUT2D eigenvalue weighted by Gasteiger charge is 2.04. The minimum atomic E-state index is -1.82. The van der Waals surface area contributed by atoms with Gasteiger partial charge >= 0.3 is 11.9 Å². The van der Waals surface area contributed by atoms with Crippen LogP contribution >= 0.6 is 0 Å². The second kappa shape index (κ2) is 9.94. The standard InChI is InChI=1S/C6H16N2.C2H2O4/c1-2-3-4-5-6(7)8;3-1(4)2(5)6/h6H,2-5,7-8H2,1H3;(H,3,4)(H,5,6). The van der Waals surface area contributed by atoms with Gasteiger partial charge in [0.05, 0.1) is 6.17 Å². The molecule has 0 saturated carbocycles. The number of hydrogen-bond acceptors (Lipinski definition) is 4. The van der Waals surface area contributed by atoms with Crippen LogP contribution in [-0.2, 0) is 9.59 Å². The summed E-state index contributed by atoms with van der Waals surface area (Å²) in [4.78, 5) is 18.2. The number of carboxylic acid groups (broad SMARTS) is 2. The number of carboxylic acids is 2. The lowest BCUT2D eigenvalue weighted by Crippen LogP contribution is -2.29. The normalized spacial score (nSPS) is 9.14. The van der Waals surface area contributed by atoms with Crippen molar-refractivity contribution >= 4 is 11.9 Å². The fourth-order valence-electron chi connectivity index (χ4n) is 0.630. The largest absolute Gasteiger partial charge is 0.473 e. The molecule has 14 heavy (non-hydrogen) atoms. The number of unbranched alkanes of at least 4 members (excludes halogenated alkanes) is 2. The number of hydrogen-bond donors (Lipinski definition) is 4. The number of nitrogens with two attached hydrogens (primary N) is 2. The van der Waals surface area contributed by atoms with Crippen molar-refractivity contribution in [3.63, 3.8) is 0 Å². The van der Waals surface area contributed by atoms with Crippen molar-refractivity contribution in [3.8, 4) is 0 Å². The molecule has 0 unspecified atom stereocenters. The molecular weight excluding hydrogens is 188 g/mol. The highest BCUT2D eigenvalue weighted by atomic mass is 16.4. The lowest BCUT2D eigenvalue weighted by Gasteiger charge is -2.01. The fourth-order valence-corrected chi connectivity index (χ4v) is 0.630. The molecule has 0 aromatic carbocycles. The molecule has 0 aliphatic rings. The molecule has 0 amide bonds. The Morgan fingerprint density at radius 3 is 1.79 bits per heavy atom. The van der Waals surface area contributed by atoms with Crippen LogP contribution in [0.25, 0.3) is 0 Å². The molecule has 0 atom stereocenters. The second-order valence-electron chi connectivity index (χ2n) is 2.77. The Balaban J connectivity index is 0. The molecule has 0 heterocycles. The van der Waals surface area contributed by atoms with Gasteiger partial charge in [-0.05, 0) is 6.42 Å². The number of aliphatic carboxylic acids is 2. The second-order valence-corrected chi connectivity index (χ2v) is 2.77. The molecule has 0 aromatic heterocycles. The van der Waals surface area contributed by atoms with Crippen LogP contribution in [0.15, 0.2) is 0 Å². The van der Waals surface area contributed by atoms with E-state index in [1.807, 2.05) is 0 Å². The van der Waals surface area contributed by atoms with Gasteiger partial charge in [0.1, 0.15) is 0 Å². The van der Waals surface area contributed by atoms with Crippen LogP contribution < -0.4 is 11.5 Å². The van der Waals surface area contributed by atoms with Gasteiger partial charge in [-0.25, -0.2) is 9.59 Å². The molecule has 0 aliphatic heterocycles. The number of carbonyl (C=O) groups is 2. The van der Waals surface area contributed by atoms with E-state index in [0.717, 1.165) is 6.42 Å². The maximum absolute atomic E-state index is 9.10. The third kappa shape index (κ3) is 17.1. The summed E-state index contributed by atoms with van der Waals surface area (Å²) >= 11 is 0.